The number of methoxy groups -OCH3 is 1. The molecule has 4 rings (SSSR count). The van der Waals surface area contributed by atoms with E-state index in [-0.39, 0.29) is 5.65 Å². The van der Waals surface area contributed by atoms with Crippen LogP contribution in [0.3, 0.4) is 0 Å². The number of fused-ring (bicyclic) bond motifs is 3. The molecule has 4 aromatic rings. The van der Waals surface area contributed by atoms with Crippen LogP contribution in [-0.2, 0) is 16.6 Å². The summed E-state index contributed by atoms with van der Waals surface area (Å²) in [5.74, 6) is -1.96. The van der Waals surface area contributed by atoms with E-state index in [1.165, 1.54) is 23.9 Å². The van der Waals surface area contributed by atoms with Crippen LogP contribution in [0.15, 0.2) is 52.3 Å². The first kappa shape index (κ1) is 19.9. The van der Waals surface area contributed by atoms with E-state index in [1.807, 2.05) is 0 Å². The second-order valence-electron chi connectivity index (χ2n) is 6.46. The van der Waals surface area contributed by atoms with Crippen molar-refractivity contribution in [1.29, 1.82) is 0 Å². The third kappa shape index (κ3) is 3.37. The quantitative estimate of drug-likeness (QED) is 0.493. The summed E-state index contributed by atoms with van der Waals surface area (Å²) in [5, 5.41) is 5.97. The second kappa shape index (κ2) is 7.11. The van der Waals surface area contributed by atoms with Crippen molar-refractivity contribution < 1.29 is 21.9 Å². The third-order valence-corrected chi connectivity index (χ3v) is 5.51. The highest BCUT2D eigenvalue weighted by atomic mass is 32.2. The van der Waals surface area contributed by atoms with E-state index >= 15 is 0 Å². The van der Waals surface area contributed by atoms with Crippen LogP contribution in [0.1, 0.15) is 5.56 Å². The molecule has 0 amide bonds. The van der Waals surface area contributed by atoms with Crippen molar-refractivity contribution in [3.63, 3.8) is 0 Å². The van der Waals surface area contributed by atoms with Crippen molar-refractivity contribution in [1.82, 2.24) is 14.5 Å². The van der Waals surface area contributed by atoms with E-state index in [2.05, 4.69) is 9.97 Å². The monoisotopic (exact) mass is 432 g/mol. The number of nitrogens with zero attached hydrogens (tertiary/aromatic N) is 3. The number of ether oxygens (including phenoxy) is 1. The van der Waals surface area contributed by atoms with Crippen molar-refractivity contribution in [2.24, 2.45) is 5.14 Å². The summed E-state index contributed by atoms with van der Waals surface area (Å²) in [6.45, 7) is -0.482. The first-order chi connectivity index (χ1) is 14.2. The summed E-state index contributed by atoms with van der Waals surface area (Å²) < 4.78 is 58.2. The van der Waals surface area contributed by atoms with Crippen molar-refractivity contribution in [2.45, 2.75) is 11.4 Å². The molecule has 0 saturated heterocycles. The summed E-state index contributed by atoms with van der Waals surface area (Å²) in [5.41, 5.74) is -0.340. The van der Waals surface area contributed by atoms with Crippen molar-refractivity contribution >= 4 is 32.0 Å². The number of sulfonamides is 1. The highest BCUT2D eigenvalue weighted by Crippen LogP contribution is 2.25. The Morgan fingerprint density at radius 2 is 1.83 bits per heavy atom. The lowest BCUT2D eigenvalue weighted by Crippen LogP contribution is -2.22. The molecule has 0 aliphatic rings. The lowest BCUT2D eigenvalue weighted by atomic mass is 10.1. The Labute approximate surface area is 168 Å². The molecule has 3 heterocycles. The van der Waals surface area contributed by atoms with Gasteiger partial charge in [-0.25, -0.2) is 27.3 Å². The van der Waals surface area contributed by atoms with Gasteiger partial charge in [-0.15, -0.1) is 0 Å². The van der Waals surface area contributed by atoms with Crippen molar-refractivity contribution in [2.75, 3.05) is 7.11 Å². The Balaban J connectivity index is 1.97. The maximum absolute atomic E-state index is 14.6. The molecule has 0 aliphatic heterocycles. The van der Waals surface area contributed by atoms with Crippen molar-refractivity contribution in [3.05, 3.63) is 70.1 Å². The molecule has 0 bridgehead atoms. The predicted molar refractivity (Wildman–Crippen MR) is 105 cm³/mol. The zero-order chi connectivity index (χ0) is 21.6. The average molecular weight is 432 g/mol. The van der Waals surface area contributed by atoms with Gasteiger partial charge in [0.15, 0.2) is 5.65 Å². The predicted octanol–water partition coefficient (Wildman–Crippen LogP) is 1.93. The van der Waals surface area contributed by atoms with Gasteiger partial charge in [0.05, 0.1) is 24.1 Å². The standard InChI is InChI=1S/C19H14F2N4O4S/c1-29-16-4-3-12-18-10(8-23-19(12)24-16)2-5-17(26)25(18)9-13-14(20)6-11(7-15(13)21)30(22,27)28/h2-8H,9H2,1H3,(H2,22,27,28). The summed E-state index contributed by atoms with van der Waals surface area (Å²) in [7, 11) is -2.85. The normalized spacial score (nSPS) is 11.9. The minimum Gasteiger partial charge on any atom is -0.481 e. The number of nitrogens with two attached hydrogens (primary N) is 1. The number of aromatic nitrogens is 3. The maximum Gasteiger partial charge on any atom is 0.251 e. The van der Waals surface area contributed by atoms with Crippen LogP contribution >= 0.6 is 0 Å². The van der Waals surface area contributed by atoms with E-state index in [1.54, 1.807) is 18.2 Å². The molecule has 8 nitrogen and oxygen atoms in total. The third-order valence-electron chi connectivity index (χ3n) is 4.61. The Morgan fingerprint density at radius 3 is 2.47 bits per heavy atom. The summed E-state index contributed by atoms with van der Waals surface area (Å²) >= 11 is 0. The number of benzene rings is 1. The highest BCUT2D eigenvalue weighted by Gasteiger charge is 2.19. The smallest absolute Gasteiger partial charge is 0.251 e. The van der Waals surface area contributed by atoms with Gasteiger partial charge in [0.25, 0.3) is 5.56 Å². The van der Waals surface area contributed by atoms with Gasteiger partial charge in [-0.3, -0.25) is 4.79 Å². The highest BCUT2D eigenvalue weighted by molar-refractivity contribution is 7.89. The van der Waals surface area contributed by atoms with E-state index in [0.29, 0.717) is 34.3 Å². The first-order valence-corrected chi connectivity index (χ1v) is 10.1. The molecule has 30 heavy (non-hydrogen) atoms. The average Bonchev–Trinajstić information content (AvgIpc) is 2.70. The van der Waals surface area contributed by atoms with E-state index in [4.69, 9.17) is 9.88 Å². The fourth-order valence-electron chi connectivity index (χ4n) is 3.17. The van der Waals surface area contributed by atoms with E-state index in [9.17, 15) is 22.0 Å². The van der Waals surface area contributed by atoms with E-state index < -0.39 is 44.2 Å². The molecule has 0 saturated carbocycles. The molecule has 0 aliphatic carbocycles. The van der Waals surface area contributed by atoms with Gasteiger partial charge >= 0.3 is 0 Å². The summed E-state index contributed by atoms with van der Waals surface area (Å²) in [6.07, 6.45) is 1.48. The first-order valence-electron chi connectivity index (χ1n) is 8.53. The minimum absolute atomic E-state index is 0.284. The van der Waals surface area contributed by atoms with Gasteiger partial charge in [0, 0.05) is 34.7 Å². The van der Waals surface area contributed by atoms with Crippen LogP contribution in [0.2, 0.25) is 0 Å². The molecule has 11 heteroatoms. The topological polar surface area (TPSA) is 117 Å². The number of hydrogen-bond donors (Lipinski definition) is 1. The van der Waals surface area contributed by atoms with Gasteiger partial charge in [0.2, 0.25) is 15.9 Å². The maximum atomic E-state index is 14.6. The van der Waals surface area contributed by atoms with Crippen molar-refractivity contribution in [3.8, 4) is 5.88 Å². The lowest BCUT2D eigenvalue weighted by molar-refractivity contribution is 0.399. The van der Waals surface area contributed by atoms with Gasteiger partial charge in [-0.05, 0) is 24.3 Å². The Bertz CT molecular complexity index is 1460. The van der Waals surface area contributed by atoms with Crippen LogP contribution in [-0.4, -0.2) is 30.1 Å². The molecule has 0 spiro atoms. The fraction of sp³-hybridized carbons (Fsp3) is 0.105. The summed E-state index contributed by atoms with van der Waals surface area (Å²) in [4.78, 5) is 20.3. The number of primary sulfonamides is 1. The second-order valence-corrected chi connectivity index (χ2v) is 8.02. The van der Waals surface area contributed by atoms with Crippen LogP contribution in [0.4, 0.5) is 8.78 Å². The minimum atomic E-state index is -4.29. The molecule has 0 atom stereocenters. The zero-order valence-corrected chi connectivity index (χ0v) is 16.3. The number of halogens is 2. The van der Waals surface area contributed by atoms with Gasteiger partial charge < -0.3 is 9.30 Å². The van der Waals surface area contributed by atoms with Gasteiger partial charge in [0.1, 0.15) is 11.6 Å². The lowest BCUT2D eigenvalue weighted by Gasteiger charge is -2.14. The fourth-order valence-corrected chi connectivity index (χ4v) is 3.71. The molecular weight excluding hydrogens is 418 g/mol. The Kier molecular flexibility index (Phi) is 4.71. The van der Waals surface area contributed by atoms with Gasteiger partial charge in [-0.1, -0.05) is 0 Å². The van der Waals surface area contributed by atoms with Gasteiger partial charge in [-0.2, -0.15) is 4.98 Å². The molecular formula is C19H14F2N4O4S. The molecule has 0 radical (unpaired) electrons. The Morgan fingerprint density at radius 1 is 1.13 bits per heavy atom. The zero-order valence-electron chi connectivity index (χ0n) is 15.5. The SMILES string of the molecule is COc1ccc2c(ncc3ccc(=O)n(Cc4c(F)cc(S(N)(=O)=O)cc4F)c32)n1. The van der Waals surface area contributed by atoms with Crippen LogP contribution in [0.25, 0.3) is 21.9 Å². The van der Waals surface area contributed by atoms with Crippen LogP contribution in [0, 0.1) is 11.6 Å². The van der Waals surface area contributed by atoms with Crippen LogP contribution < -0.4 is 15.4 Å². The molecule has 154 valence electrons. The molecule has 0 unspecified atom stereocenters. The molecule has 3 aromatic heterocycles. The molecule has 1 aromatic carbocycles. The summed E-state index contributed by atoms with van der Waals surface area (Å²) in [6, 6.07) is 7.26. The van der Waals surface area contributed by atoms with Crippen LogP contribution in [0.5, 0.6) is 5.88 Å². The molecule has 0 fully saturated rings. The number of rotatable bonds is 4. The van der Waals surface area contributed by atoms with E-state index in [0.717, 1.165) is 0 Å². The Hall–Kier alpha value is -3.44. The number of pyridine rings is 3. The molecule has 2 N–H and O–H groups in total. The number of hydrogen-bond acceptors (Lipinski definition) is 6. The largest absolute Gasteiger partial charge is 0.481 e.